The van der Waals surface area contributed by atoms with Gasteiger partial charge in [-0.3, -0.25) is 0 Å². The summed E-state index contributed by atoms with van der Waals surface area (Å²) in [6.45, 7) is 9.97. The van der Waals surface area contributed by atoms with Crippen LogP contribution in [-0.4, -0.2) is 35.3 Å². The molecule has 1 unspecified atom stereocenters. The molecule has 0 radical (unpaired) electrons. The fourth-order valence-electron chi connectivity index (χ4n) is 0.750. The van der Waals surface area contributed by atoms with E-state index in [1.165, 1.54) is 0 Å². The molecule has 1 atom stereocenters. The van der Waals surface area contributed by atoms with E-state index in [2.05, 4.69) is 20.8 Å². The Bertz CT molecular complexity index is 103. The van der Waals surface area contributed by atoms with Crippen LogP contribution in [-0.2, 0) is 21.7 Å². The number of aliphatic hydroxyl groups is 1. The Morgan fingerprint density at radius 1 is 0.938 bits per heavy atom. The molecule has 0 aliphatic carbocycles. The van der Waals surface area contributed by atoms with Gasteiger partial charge in [-0.1, -0.05) is 27.7 Å². The zero-order valence-electron chi connectivity index (χ0n) is 11.3. The third-order valence-electron chi connectivity index (χ3n) is 2.57. The first-order valence-electron chi connectivity index (χ1n) is 5.36. The second-order valence-electron chi connectivity index (χ2n) is 3.54. The standard InChI is InChI=1S/C6H16OSi.C4H10O.2H2O.Ti/c1-4-8(7,5-2)6-3;1-3-4(2)5;;;/h7H,4-6H2,1-3H3;4-5H,3H2,1-2H3;2*1H2;. The molecule has 0 fully saturated rings. The molecule has 0 bridgehead atoms. The summed E-state index contributed by atoms with van der Waals surface area (Å²) in [6, 6.07) is 3.04. The van der Waals surface area contributed by atoms with Gasteiger partial charge in [0.05, 0.1) is 6.10 Å². The van der Waals surface area contributed by atoms with Gasteiger partial charge in [0.25, 0.3) is 0 Å². The van der Waals surface area contributed by atoms with Gasteiger partial charge >= 0.3 is 0 Å². The van der Waals surface area contributed by atoms with Crippen LogP contribution in [0.2, 0.25) is 18.1 Å². The minimum absolute atomic E-state index is 0. The third kappa shape index (κ3) is 20.2. The zero-order chi connectivity index (χ0) is 10.9. The summed E-state index contributed by atoms with van der Waals surface area (Å²) in [5, 5.41) is 8.36. The van der Waals surface area contributed by atoms with Crippen molar-refractivity contribution in [2.24, 2.45) is 0 Å². The van der Waals surface area contributed by atoms with Gasteiger partial charge in [-0.25, -0.2) is 0 Å². The monoisotopic (exact) mass is 290 g/mol. The second-order valence-corrected chi connectivity index (χ2v) is 8.11. The summed E-state index contributed by atoms with van der Waals surface area (Å²) < 4.78 is 0. The molecule has 6 N–H and O–H groups in total. The van der Waals surface area contributed by atoms with Crippen LogP contribution in [0.4, 0.5) is 0 Å². The molecule has 16 heavy (non-hydrogen) atoms. The van der Waals surface area contributed by atoms with Crippen molar-refractivity contribution in [2.45, 2.75) is 65.3 Å². The summed E-state index contributed by atoms with van der Waals surface area (Å²) in [7, 11) is -1.67. The van der Waals surface area contributed by atoms with E-state index in [0.29, 0.717) is 0 Å². The summed E-state index contributed by atoms with van der Waals surface area (Å²) in [6.07, 6.45) is 0.745. The molecular weight excluding hydrogens is 260 g/mol. The smallest absolute Gasteiger partial charge is 0.187 e. The second kappa shape index (κ2) is 18.1. The third-order valence-corrected chi connectivity index (χ3v) is 6.51. The van der Waals surface area contributed by atoms with Gasteiger partial charge in [-0.2, -0.15) is 0 Å². The van der Waals surface area contributed by atoms with Gasteiger partial charge in [0.2, 0.25) is 0 Å². The van der Waals surface area contributed by atoms with Crippen LogP contribution in [0.25, 0.3) is 0 Å². The Balaban J connectivity index is -0.0000000454. The van der Waals surface area contributed by atoms with Crippen LogP contribution >= 0.6 is 0 Å². The fraction of sp³-hybridized carbons (Fsp3) is 1.00. The van der Waals surface area contributed by atoms with Crippen molar-refractivity contribution in [3.63, 3.8) is 0 Å². The minimum Gasteiger partial charge on any atom is -0.432 e. The molecule has 0 saturated carbocycles. The SMILES string of the molecule is CCC(C)O.CC[Si](O)(CC)CC.O.O.[Ti]. The first-order valence-corrected chi connectivity index (χ1v) is 7.93. The van der Waals surface area contributed by atoms with Gasteiger partial charge in [-0.15, -0.1) is 0 Å². The summed E-state index contributed by atoms with van der Waals surface area (Å²) in [5.41, 5.74) is 0. The fourth-order valence-corrected chi connectivity index (χ4v) is 2.25. The van der Waals surface area contributed by atoms with E-state index >= 15 is 0 Å². The first-order chi connectivity index (χ1) is 5.95. The van der Waals surface area contributed by atoms with E-state index in [1.54, 1.807) is 6.92 Å². The van der Waals surface area contributed by atoms with Crippen LogP contribution in [0, 0.1) is 0 Å². The minimum atomic E-state index is -1.67. The first kappa shape index (κ1) is 30.1. The van der Waals surface area contributed by atoms with Gasteiger partial charge < -0.3 is 20.9 Å². The maximum absolute atomic E-state index is 9.58. The molecule has 0 aromatic heterocycles. The van der Waals surface area contributed by atoms with Gasteiger partial charge in [0.15, 0.2) is 8.32 Å². The molecule has 0 aliphatic heterocycles. The van der Waals surface area contributed by atoms with Crippen molar-refractivity contribution in [3.8, 4) is 0 Å². The molecule has 0 aromatic carbocycles. The van der Waals surface area contributed by atoms with E-state index in [-0.39, 0.29) is 38.8 Å². The van der Waals surface area contributed by atoms with Crippen LogP contribution in [0.3, 0.4) is 0 Å². The molecule has 6 heteroatoms. The maximum Gasteiger partial charge on any atom is 0.187 e. The Kier molecular flexibility index (Phi) is 34.1. The summed E-state index contributed by atoms with van der Waals surface area (Å²) >= 11 is 0. The van der Waals surface area contributed by atoms with Crippen molar-refractivity contribution in [1.29, 1.82) is 0 Å². The predicted molar refractivity (Wildman–Crippen MR) is 68.6 cm³/mol. The van der Waals surface area contributed by atoms with Crippen LogP contribution in [0.5, 0.6) is 0 Å². The molecule has 0 rings (SSSR count). The topological polar surface area (TPSA) is 103 Å². The molecule has 0 spiro atoms. The van der Waals surface area contributed by atoms with Crippen molar-refractivity contribution in [1.82, 2.24) is 0 Å². The largest absolute Gasteiger partial charge is 0.432 e. The van der Waals surface area contributed by atoms with Crippen molar-refractivity contribution >= 4 is 8.32 Å². The average molecular weight is 290 g/mol. The van der Waals surface area contributed by atoms with Gasteiger partial charge in [0, 0.05) is 21.7 Å². The molecular formula is C10H30O4SiTi. The number of rotatable bonds is 4. The Labute approximate surface area is 116 Å². The number of hydrogen-bond donors (Lipinski definition) is 2. The van der Waals surface area contributed by atoms with Gasteiger partial charge in [0.1, 0.15) is 0 Å². The van der Waals surface area contributed by atoms with Crippen molar-refractivity contribution in [2.75, 3.05) is 0 Å². The zero-order valence-corrected chi connectivity index (χ0v) is 13.9. The van der Waals surface area contributed by atoms with Crippen LogP contribution < -0.4 is 0 Å². The molecule has 4 nitrogen and oxygen atoms in total. The van der Waals surface area contributed by atoms with E-state index in [0.717, 1.165) is 24.6 Å². The molecule has 0 aromatic rings. The molecule has 0 heterocycles. The van der Waals surface area contributed by atoms with Crippen LogP contribution in [0.1, 0.15) is 41.0 Å². The summed E-state index contributed by atoms with van der Waals surface area (Å²) in [4.78, 5) is 9.58. The molecule has 0 amide bonds. The molecule has 0 saturated heterocycles. The Morgan fingerprint density at radius 2 is 1.12 bits per heavy atom. The Morgan fingerprint density at radius 3 is 1.12 bits per heavy atom. The normalized spacial score (nSPS) is 10.7. The van der Waals surface area contributed by atoms with Crippen molar-refractivity contribution < 1.29 is 42.6 Å². The van der Waals surface area contributed by atoms with Crippen molar-refractivity contribution in [3.05, 3.63) is 0 Å². The predicted octanol–water partition coefficient (Wildman–Crippen LogP) is 1.11. The van der Waals surface area contributed by atoms with E-state index in [1.807, 2.05) is 6.92 Å². The number of aliphatic hydroxyl groups excluding tert-OH is 1. The summed E-state index contributed by atoms with van der Waals surface area (Å²) in [5.74, 6) is 0. The van der Waals surface area contributed by atoms with Crippen LogP contribution in [0.15, 0.2) is 0 Å². The van der Waals surface area contributed by atoms with E-state index in [4.69, 9.17) is 5.11 Å². The van der Waals surface area contributed by atoms with E-state index in [9.17, 15) is 4.80 Å². The quantitative estimate of drug-likeness (QED) is 0.757. The average Bonchev–Trinajstić information content (AvgIpc) is 2.17. The van der Waals surface area contributed by atoms with E-state index < -0.39 is 8.32 Å². The molecule has 0 aliphatic rings. The number of hydrogen-bond acceptors (Lipinski definition) is 2. The Hall–Kier alpha value is 0.771. The molecule has 102 valence electrons. The maximum atomic E-state index is 9.58. The van der Waals surface area contributed by atoms with Gasteiger partial charge in [-0.05, 0) is 31.5 Å².